The molecule has 3 atom stereocenters. The van der Waals surface area contributed by atoms with Gasteiger partial charge in [0.2, 0.25) is 0 Å². The van der Waals surface area contributed by atoms with E-state index < -0.39 is 0 Å². The minimum absolute atomic E-state index is 0.764. The van der Waals surface area contributed by atoms with E-state index >= 15 is 0 Å². The number of rotatable bonds is 0. The van der Waals surface area contributed by atoms with Crippen molar-refractivity contribution in [2.75, 3.05) is 13.6 Å². The van der Waals surface area contributed by atoms with Gasteiger partial charge in [-0.1, -0.05) is 26.7 Å². The highest BCUT2D eigenvalue weighted by Crippen LogP contribution is 2.26. The monoisotopic (exact) mass is 169 g/mol. The Bertz CT molecular complexity index is 117. The largest absolute Gasteiger partial charge is 0.303 e. The van der Waals surface area contributed by atoms with Gasteiger partial charge in [-0.15, -0.1) is 0 Å². The van der Waals surface area contributed by atoms with Crippen molar-refractivity contribution >= 4 is 0 Å². The van der Waals surface area contributed by atoms with E-state index in [-0.39, 0.29) is 0 Å². The minimum atomic E-state index is 0.764. The molecule has 2 unspecified atom stereocenters. The third kappa shape index (κ3) is 2.22. The number of hydrogen-bond donors (Lipinski definition) is 0. The molecule has 0 bridgehead atoms. The van der Waals surface area contributed by atoms with Gasteiger partial charge in [0.15, 0.2) is 0 Å². The molecule has 0 aliphatic carbocycles. The Labute approximate surface area is 77.1 Å². The Kier molecular flexibility index (Phi) is 3.57. The second-order valence-electron chi connectivity index (χ2n) is 4.55. The summed E-state index contributed by atoms with van der Waals surface area (Å²) in [6.07, 6.45) is 4.24. The van der Waals surface area contributed by atoms with Gasteiger partial charge in [-0.2, -0.15) is 0 Å². The molecular formula is C11H23N. The topological polar surface area (TPSA) is 3.24 Å². The average molecular weight is 169 g/mol. The summed E-state index contributed by atoms with van der Waals surface area (Å²) in [4.78, 5) is 2.51. The van der Waals surface area contributed by atoms with Crippen LogP contribution in [0.1, 0.15) is 40.0 Å². The first-order valence-electron chi connectivity index (χ1n) is 5.33. The summed E-state index contributed by atoms with van der Waals surface area (Å²) < 4.78 is 0. The fraction of sp³-hybridized carbons (Fsp3) is 1.00. The highest BCUT2D eigenvalue weighted by Gasteiger charge is 2.23. The Morgan fingerprint density at radius 3 is 2.42 bits per heavy atom. The van der Waals surface area contributed by atoms with Crippen LogP contribution in [-0.4, -0.2) is 24.5 Å². The van der Waals surface area contributed by atoms with Crippen LogP contribution in [0.5, 0.6) is 0 Å². The van der Waals surface area contributed by atoms with Gasteiger partial charge < -0.3 is 4.90 Å². The molecule has 0 spiro atoms. The van der Waals surface area contributed by atoms with E-state index in [9.17, 15) is 0 Å². The lowest BCUT2D eigenvalue weighted by molar-refractivity contribution is 0.136. The van der Waals surface area contributed by atoms with Crippen LogP contribution in [-0.2, 0) is 0 Å². The van der Waals surface area contributed by atoms with E-state index in [0.717, 1.165) is 17.9 Å². The standard InChI is InChI=1S/C11H23N/c1-9-7-5-6-8-12(4)11(3)10(9)2/h9-11H,5-8H2,1-4H3/t9?,10-,11?/m1/s1. The molecule has 12 heavy (non-hydrogen) atoms. The molecule has 1 heteroatoms. The van der Waals surface area contributed by atoms with Crippen LogP contribution >= 0.6 is 0 Å². The van der Waals surface area contributed by atoms with Crippen LogP contribution < -0.4 is 0 Å². The van der Waals surface area contributed by atoms with Crippen molar-refractivity contribution in [2.24, 2.45) is 11.8 Å². The van der Waals surface area contributed by atoms with Crippen molar-refractivity contribution in [1.29, 1.82) is 0 Å². The molecule has 1 nitrogen and oxygen atoms in total. The lowest BCUT2D eigenvalue weighted by Gasteiger charge is -2.35. The number of nitrogens with zero attached hydrogens (tertiary/aromatic N) is 1. The zero-order valence-corrected chi connectivity index (χ0v) is 9.01. The molecule has 1 saturated heterocycles. The summed E-state index contributed by atoms with van der Waals surface area (Å²) in [5.41, 5.74) is 0. The predicted octanol–water partition coefficient (Wildman–Crippen LogP) is 2.76. The normalized spacial score (nSPS) is 40.5. The zero-order chi connectivity index (χ0) is 9.14. The molecule has 0 aromatic rings. The first kappa shape index (κ1) is 10.0. The lowest BCUT2D eigenvalue weighted by atomic mass is 9.84. The summed E-state index contributed by atoms with van der Waals surface area (Å²) >= 11 is 0. The molecular weight excluding hydrogens is 146 g/mol. The minimum Gasteiger partial charge on any atom is -0.303 e. The summed E-state index contributed by atoms with van der Waals surface area (Å²) in [5.74, 6) is 1.76. The molecule has 1 heterocycles. The third-order valence-electron chi connectivity index (χ3n) is 3.77. The predicted molar refractivity (Wildman–Crippen MR) is 54.3 cm³/mol. The SMILES string of the molecule is CC1CCCCN(C)C(C)[C@@H]1C. The molecule has 1 rings (SSSR count). The molecule has 1 fully saturated rings. The Morgan fingerprint density at radius 2 is 1.75 bits per heavy atom. The molecule has 0 saturated carbocycles. The van der Waals surface area contributed by atoms with Crippen LogP contribution in [0, 0.1) is 11.8 Å². The van der Waals surface area contributed by atoms with Gasteiger partial charge in [0.05, 0.1) is 0 Å². The van der Waals surface area contributed by atoms with Crippen LogP contribution in [0.3, 0.4) is 0 Å². The van der Waals surface area contributed by atoms with Crippen molar-refractivity contribution in [1.82, 2.24) is 4.90 Å². The van der Waals surface area contributed by atoms with Gasteiger partial charge in [0.1, 0.15) is 0 Å². The van der Waals surface area contributed by atoms with E-state index in [1.807, 2.05) is 0 Å². The lowest BCUT2D eigenvalue weighted by Crippen LogP contribution is -2.39. The van der Waals surface area contributed by atoms with Crippen LogP contribution in [0.2, 0.25) is 0 Å². The zero-order valence-electron chi connectivity index (χ0n) is 9.01. The van der Waals surface area contributed by atoms with Crippen LogP contribution in [0.4, 0.5) is 0 Å². The molecule has 72 valence electrons. The fourth-order valence-corrected chi connectivity index (χ4v) is 2.17. The Morgan fingerprint density at radius 1 is 1.08 bits per heavy atom. The van der Waals surface area contributed by atoms with Crippen LogP contribution in [0.15, 0.2) is 0 Å². The summed E-state index contributed by atoms with van der Waals surface area (Å²) in [5, 5.41) is 0. The summed E-state index contributed by atoms with van der Waals surface area (Å²) in [6, 6.07) is 0.764. The second-order valence-corrected chi connectivity index (χ2v) is 4.55. The molecule has 0 aromatic heterocycles. The smallest absolute Gasteiger partial charge is 0.00920 e. The van der Waals surface area contributed by atoms with Gasteiger partial charge >= 0.3 is 0 Å². The summed E-state index contributed by atoms with van der Waals surface area (Å²) in [7, 11) is 2.26. The quantitative estimate of drug-likeness (QED) is 0.539. The Hall–Kier alpha value is -0.0400. The van der Waals surface area contributed by atoms with E-state index in [1.54, 1.807) is 0 Å². The van der Waals surface area contributed by atoms with Gasteiger partial charge in [-0.05, 0) is 38.8 Å². The third-order valence-corrected chi connectivity index (χ3v) is 3.77. The Balaban J connectivity index is 2.55. The average Bonchev–Trinajstić information content (AvgIpc) is 2.07. The highest BCUT2D eigenvalue weighted by atomic mass is 15.1. The van der Waals surface area contributed by atoms with E-state index in [1.165, 1.54) is 25.8 Å². The highest BCUT2D eigenvalue weighted by molar-refractivity contribution is 4.77. The number of hydrogen-bond acceptors (Lipinski definition) is 1. The van der Waals surface area contributed by atoms with E-state index in [4.69, 9.17) is 0 Å². The first-order chi connectivity index (χ1) is 5.63. The maximum atomic E-state index is 2.51. The van der Waals surface area contributed by atoms with Crippen molar-refractivity contribution < 1.29 is 0 Å². The van der Waals surface area contributed by atoms with E-state index in [0.29, 0.717) is 0 Å². The second kappa shape index (κ2) is 4.27. The molecule has 0 N–H and O–H groups in total. The maximum absolute atomic E-state index is 2.51. The number of likely N-dealkylation sites (tertiary alicyclic amines) is 1. The first-order valence-corrected chi connectivity index (χ1v) is 5.33. The summed E-state index contributed by atoms with van der Waals surface area (Å²) in [6.45, 7) is 8.46. The van der Waals surface area contributed by atoms with Gasteiger partial charge in [-0.25, -0.2) is 0 Å². The maximum Gasteiger partial charge on any atom is 0.00920 e. The van der Waals surface area contributed by atoms with Crippen LogP contribution in [0.25, 0.3) is 0 Å². The molecule has 0 radical (unpaired) electrons. The van der Waals surface area contributed by atoms with E-state index in [2.05, 4.69) is 32.7 Å². The fourth-order valence-electron chi connectivity index (χ4n) is 2.17. The molecule has 0 amide bonds. The van der Waals surface area contributed by atoms with Crippen molar-refractivity contribution in [3.05, 3.63) is 0 Å². The van der Waals surface area contributed by atoms with Gasteiger partial charge in [-0.3, -0.25) is 0 Å². The van der Waals surface area contributed by atoms with Gasteiger partial charge in [0.25, 0.3) is 0 Å². The van der Waals surface area contributed by atoms with Gasteiger partial charge in [0, 0.05) is 6.04 Å². The van der Waals surface area contributed by atoms with Crippen molar-refractivity contribution in [3.8, 4) is 0 Å². The molecule has 0 aromatic carbocycles. The van der Waals surface area contributed by atoms with Crippen molar-refractivity contribution in [3.63, 3.8) is 0 Å². The molecule has 1 aliphatic rings. The van der Waals surface area contributed by atoms with Crippen molar-refractivity contribution in [2.45, 2.75) is 46.1 Å². The molecule has 1 aliphatic heterocycles.